The molecule has 34 heavy (non-hydrogen) atoms. The second kappa shape index (κ2) is 11.3. The van der Waals surface area contributed by atoms with Crippen molar-refractivity contribution in [3.05, 3.63) is 11.4 Å². The molecule has 2 fully saturated rings. The lowest BCUT2D eigenvalue weighted by Gasteiger charge is -2.37. The highest BCUT2D eigenvalue weighted by atomic mass is 16.6. The average molecular weight is 478 g/mol. The number of nitrogens with one attached hydrogen (secondary N) is 1. The van der Waals surface area contributed by atoms with Gasteiger partial charge in [0.25, 0.3) is 5.91 Å². The summed E-state index contributed by atoms with van der Waals surface area (Å²) in [5.41, 5.74) is 0.934. The molecule has 1 N–H and O–H groups in total. The van der Waals surface area contributed by atoms with Crippen LogP contribution in [0.3, 0.4) is 0 Å². The van der Waals surface area contributed by atoms with Crippen LogP contribution < -0.4 is 10.1 Å². The summed E-state index contributed by atoms with van der Waals surface area (Å²) in [5.74, 6) is -0.104. The summed E-state index contributed by atoms with van der Waals surface area (Å²) in [4.78, 5) is 37.6. The molecule has 1 aromatic rings. The van der Waals surface area contributed by atoms with Crippen LogP contribution in [0.2, 0.25) is 0 Å². The van der Waals surface area contributed by atoms with Crippen molar-refractivity contribution >= 4 is 17.7 Å². The van der Waals surface area contributed by atoms with Crippen molar-refractivity contribution in [2.45, 2.75) is 78.0 Å². The Bertz CT molecular complexity index is 835. The van der Waals surface area contributed by atoms with E-state index in [1.165, 1.54) is 0 Å². The number of rotatable bonds is 7. The van der Waals surface area contributed by atoms with Gasteiger partial charge in [-0.15, -0.1) is 0 Å². The van der Waals surface area contributed by atoms with Crippen LogP contribution >= 0.6 is 0 Å². The van der Waals surface area contributed by atoms with E-state index in [1.807, 2.05) is 7.05 Å². The topological polar surface area (TPSA) is 106 Å². The van der Waals surface area contributed by atoms with Crippen LogP contribution in [-0.2, 0) is 14.3 Å². The fraction of sp³-hybridized carbons (Fsp3) is 0.750. The first-order valence-electron chi connectivity index (χ1n) is 12.1. The number of hydrogen-bond donors (Lipinski definition) is 1. The molecule has 2 saturated heterocycles. The van der Waals surface area contributed by atoms with E-state index in [0.717, 1.165) is 51.9 Å². The molecular formula is C24H39N5O5. The monoisotopic (exact) mass is 477 g/mol. The maximum Gasteiger partial charge on any atom is 0.412 e. The standard InChI is InChI=1S/C24H39N5O5/c1-16-21(27-23(31)34-24(3,4)5)17(2)26-22(25-16)33-15-20(30)28(6)18-9-11-29(12-10-18)14-19-8-7-13-32-19/h18-19H,7-15H2,1-6H3,(H,27,31). The van der Waals surface area contributed by atoms with Crippen molar-refractivity contribution in [3.8, 4) is 6.01 Å². The van der Waals surface area contributed by atoms with Crippen molar-refractivity contribution in [1.82, 2.24) is 19.8 Å². The molecule has 0 aliphatic carbocycles. The fourth-order valence-electron chi connectivity index (χ4n) is 4.33. The van der Waals surface area contributed by atoms with Crippen LogP contribution in [0.1, 0.15) is 57.8 Å². The molecule has 190 valence electrons. The van der Waals surface area contributed by atoms with E-state index in [9.17, 15) is 9.59 Å². The van der Waals surface area contributed by atoms with Crippen molar-refractivity contribution in [2.24, 2.45) is 0 Å². The van der Waals surface area contributed by atoms with Gasteiger partial charge >= 0.3 is 12.1 Å². The molecule has 3 heterocycles. The Morgan fingerprint density at radius 1 is 1.15 bits per heavy atom. The molecule has 0 radical (unpaired) electrons. The number of carbonyl (C=O) groups excluding carboxylic acids is 2. The van der Waals surface area contributed by atoms with Gasteiger partial charge < -0.3 is 24.0 Å². The minimum Gasteiger partial charge on any atom is -0.453 e. The summed E-state index contributed by atoms with van der Waals surface area (Å²) in [5, 5.41) is 2.69. The van der Waals surface area contributed by atoms with E-state index in [4.69, 9.17) is 14.2 Å². The molecule has 1 atom stereocenters. The Balaban J connectivity index is 1.47. The van der Waals surface area contributed by atoms with Crippen LogP contribution in [0.25, 0.3) is 0 Å². The summed E-state index contributed by atoms with van der Waals surface area (Å²) in [7, 11) is 1.83. The Morgan fingerprint density at radius 3 is 2.35 bits per heavy atom. The zero-order valence-electron chi connectivity index (χ0n) is 21.3. The first-order valence-corrected chi connectivity index (χ1v) is 12.1. The lowest BCUT2D eigenvalue weighted by molar-refractivity contribution is -0.135. The fourth-order valence-corrected chi connectivity index (χ4v) is 4.33. The van der Waals surface area contributed by atoms with Crippen LogP contribution in [0.4, 0.5) is 10.5 Å². The maximum absolute atomic E-state index is 12.7. The minimum absolute atomic E-state index is 0.104. The number of amides is 2. The molecule has 1 aromatic heterocycles. The van der Waals surface area contributed by atoms with E-state index in [-0.39, 0.29) is 24.6 Å². The summed E-state index contributed by atoms with van der Waals surface area (Å²) >= 11 is 0. The molecule has 0 spiro atoms. The quantitative estimate of drug-likeness (QED) is 0.639. The third kappa shape index (κ3) is 7.53. The molecule has 2 amide bonds. The number of piperidine rings is 1. The highest BCUT2D eigenvalue weighted by Crippen LogP contribution is 2.22. The Labute approximate surface area is 202 Å². The number of likely N-dealkylation sites (tertiary alicyclic amines) is 1. The highest BCUT2D eigenvalue weighted by molar-refractivity contribution is 5.86. The zero-order valence-corrected chi connectivity index (χ0v) is 21.3. The van der Waals surface area contributed by atoms with Gasteiger partial charge in [0, 0.05) is 39.3 Å². The number of aryl methyl sites for hydroxylation is 2. The van der Waals surface area contributed by atoms with Gasteiger partial charge in [-0.1, -0.05) is 0 Å². The number of aromatic nitrogens is 2. The second-order valence-electron chi connectivity index (χ2n) is 10.1. The maximum atomic E-state index is 12.7. The predicted octanol–water partition coefficient (Wildman–Crippen LogP) is 2.92. The van der Waals surface area contributed by atoms with Gasteiger partial charge in [-0.25, -0.2) is 4.79 Å². The van der Waals surface area contributed by atoms with Gasteiger partial charge in [-0.05, 0) is 60.3 Å². The van der Waals surface area contributed by atoms with Gasteiger partial charge in [-0.2, -0.15) is 9.97 Å². The normalized spacial score (nSPS) is 19.6. The third-order valence-electron chi connectivity index (χ3n) is 6.19. The van der Waals surface area contributed by atoms with Gasteiger partial charge in [0.2, 0.25) is 0 Å². The van der Waals surface area contributed by atoms with Crippen LogP contribution in [-0.4, -0.2) is 89.4 Å². The Morgan fingerprint density at radius 2 is 1.79 bits per heavy atom. The predicted molar refractivity (Wildman–Crippen MR) is 128 cm³/mol. The largest absolute Gasteiger partial charge is 0.453 e. The van der Waals surface area contributed by atoms with E-state index in [2.05, 4.69) is 20.2 Å². The molecule has 2 aliphatic heterocycles. The second-order valence-corrected chi connectivity index (χ2v) is 10.1. The van der Waals surface area contributed by atoms with Crippen molar-refractivity contribution < 1.29 is 23.8 Å². The van der Waals surface area contributed by atoms with E-state index in [1.54, 1.807) is 39.5 Å². The number of likely N-dealkylation sites (N-methyl/N-ethyl adjacent to an activating group) is 1. The van der Waals surface area contributed by atoms with Gasteiger partial charge in [-0.3, -0.25) is 10.1 Å². The van der Waals surface area contributed by atoms with Crippen LogP contribution in [0.5, 0.6) is 6.01 Å². The molecule has 1 unspecified atom stereocenters. The lowest BCUT2D eigenvalue weighted by Crippen LogP contribution is -2.48. The summed E-state index contributed by atoms with van der Waals surface area (Å²) in [6.45, 7) is 12.5. The molecule has 3 rings (SSSR count). The SMILES string of the molecule is Cc1nc(OCC(=O)N(C)C2CCN(CC3CCCO3)CC2)nc(C)c1NC(=O)OC(C)(C)C. The summed E-state index contributed by atoms with van der Waals surface area (Å²) in [6.07, 6.45) is 3.97. The van der Waals surface area contributed by atoms with E-state index < -0.39 is 11.7 Å². The molecule has 0 saturated carbocycles. The number of hydrogen-bond acceptors (Lipinski definition) is 8. The molecule has 10 nitrogen and oxygen atoms in total. The minimum atomic E-state index is -0.608. The molecule has 0 aromatic carbocycles. The van der Waals surface area contributed by atoms with Gasteiger partial charge in [0.1, 0.15) is 5.60 Å². The van der Waals surface area contributed by atoms with Crippen LogP contribution in [0.15, 0.2) is 0 Å². The van der Waals surface area contributed by atoms with Gasteiger partial charge in [0.15, 0.2) is 6.61 Å². The lowest BCUT2D eigenvalue weighted by atomic mass is 10.0. The third-order valence-corrected chi connectivity index (χ3v) is 6.19. The van der Waals surface area contributed by atoms with Crippen molar-refractivity contribution in [2.75, 3.05) is 45.2 Å². The van der Waals surface area contributed by atoms with Crippen molar-refractivity contribution in [1.29, 1.82) is 0 Å². The summed E-state index contributed by atoms with van der Waals surface area (Å²) in [6, 6.07) is 0.305. The number of carbonyl (C=O) groups is 2. The smallest absolute Gasteiger partial charge is 0.412 e. The van der Waals surface area contributed by atoms with Gasteiger partial charge in [0.05, 0.1) is 23.2 Å². The molecule has 10 heteroatoms. The first-order chi connectivity index (χ1) is 16.0. The number of nitrogens with zero attached hydrogens (tertiary/aromatic N) is 4. The highest BCUT2D eigenvalue weighted by Gasteiger charge is 2.28. The molecule has 0 bridgehead atoms. The number of ether oxygens (including phenoxy) is 3. The van der Waals surface area contributed by atoms with Crippen LogP contribution in [0, 0.1) is 13.8 Å². The molecule has 2 aliphatic rings. The van der Waals surface area contributed by atoms with E-state index >= 15 is 0 Å². The number of anilines is 1. The Hall–Kier alpha value is -2.46. The zero-order chi connectivity index (χ0) is 24.9. The van der Waals surface area contributed by atoms with Crippen molar-refractivity contribution in [3.63, 3.8) is 0 Å². The van der Waals surface area contributed by atoms with E-state index in [0.29, 0.717) is 23.2 Å². The Kier molecular flexibility index (Phi) is 8.70. The molecular weight excluding hydrogens is 438 g/mol. The first kappa shape index (κ1) is 26.2. The summed E-state index contributed by atoms with van der Waals surface area (Å²) < 4.78 is 16.6. The average Bonchev–Trinajstić information content (AvgIpc) is 3.26.